The molecule has 1 aliphatic heterocycles. The van der Waals surface area contributed by atoms with Gasteiger partial charge in [0.1, 0.15) is 5.82 Å². The molecule has 0 aromatic heterocycles. The lowest BCUT2D eigenvalue weighted by Crippen LogP contribution is -2.50. The standard InChI is InChI=1S/C16H24FN3O/c1-13(2)6-7-19-8-10-20(11-9-19)16(21)18-15-5-3-4-14(17)12-15/h3-5,12-13H,6-11H2,1-2H3,(H,18,21). The van der Waals surface area contributed by atoms with Gasteiger partial charge in [-0.3, -0.25) is 4.90 Å². The Morgan fingerprint density at radius 3 is 2.62 bits per heavy atom. The van der Waals surface area contributed by atoms with Crippen LogP contribution in [0.25, 0.3) is 0 Å². The molecule has 1 N–H and O–H groups in total. The third-order valence-corrected chi connectivity index (χ3v) is 3.76. The molecule has 0 bridgehead atoms. The number of hydrogen-bond donors (Lipinski definition) is 1. The number of nitrogens with one attached hydrogen (secondary N) is 1. The van der Waals surface area contributed by atoms with Crippen LogP contribution in [0.2, 0.25) is 0 Å². The highest BCUT2D eigenvalue weighted by Gasteiger charge is 2.21. The fraction of sp³-hybridized carbons (Fsp3) is 0.562. The van der Waals surface area contributed by atoms with E-state index < -0.39 is 0 Å². The lowest BCUT2D eigenvalue weighted by molar-refractivity contribution is 0.143. The Balaban J connectivity index is 1.78. The van der Waals surface area contributed by atoms with E-state index in [1.165, 1.54) is 18.6 Å². The summed E-state index contributed by atoms with van der Waals surface area (Å²) in [5, 5.41) is 2.75. The summed E-state index contributed by atoms with van der Waals surface area (Å²) in [7, 11) is 0. The topological polar surface area (TPSA) is 35.6 Å². The first kappa shape index (κ1) is 15.8. The Bertz CT molecular complexity index is 470. The average Bonchev–Trinajstić information content (AvgIpc) is 2.45. The molecule has 1 saturated heterocycles. The Morgan fingerprint density at radius 1 is 1.29 bits per heavy atom. The molecule has 1 aromatic carbocycles. The Hall–Kier alpha value is -1.62. The van der Waals surface area contributed by atoms with Crippen molar-refractivity contribution in [1.82, 2.24) is 9.80 Å². The van der Waals surface area contributed by atoms with Crippen molar-refractivity contribution >= 4 is 11.7 Å². The summed E-state index contributed by atoms with van der Waals surface area (Å²) < 4.78 is 13.1. The lowest BCUT2D eigenvalue weighted by Gasteiger charge is -2.35. The lowest BCUT2D eigenvalue weighted by atomic mass is 10.1. The molecular formula is C16H24FN3O. The summed E-state index contributed by atoms with van der Waals surface area (Å²) in [6.07, 6.45) is 1.19. The van der Waals surface area contributed by atoms with Crippen molar-refractivity contribution in [2.75, 3.05) is 38.0 Å². The molecule has 5 heteroatoms. The van der Waals surface area contributed by atoms with Gasteiger partial charge in [0.2, 0.25) is 0 Å². The Labute approximate surface area is 125 Å². The molecule has 0 atom stereocenters. The monoisotopic (exact) mass is 293 g/mol. The van der Waals surface area contributed by atoms with Crippen LogP contribution in [-0.2, 0) is 0 Å². The van der Waals surface area contributed by atoms with Crippen LogP contribution >= 0.6 is 0 Å². The molecule has 1 heterocycles. The highest BCUT2D eigenvalue weighted by atomic mass is 19.1. The van der Waals surface area contributed by atoms with E-state index in [4.69, 9.17) is 0 Å². The number of halogens is 1. The zero-order chi connectivity index (χ0) is 15.2. The van der Waals surface area contributed by atoms with Crippen molar-refractivity contribution in [1.29, 1.82) is 0 Å². The molecule has 0 unspecified atom stereocenters. The largest absolute Gasteiger partial charge is 0.322 e. The number of benzene rings is 1. The van der Waals surface area contributed by atoms with Crippen LogP contribution < -0.4 is 5.32 Å². The van der Waals surface area contributed by atoms with Gasteiger partial charge in [0.25, 0.3) is 0 Å². The number of hydrogen-bond acceptors (Lipinski definition) is 2. The number of carbonyl (C=O) groups excluding carboxylic acids is 1. The number of piperazine rings is 1. The van der Waals surface area contributed by atoms with Gasteiger partial charge >= 0.3 is 6.03 Å². The van der Waals surface area contributed by atoms with Gasteiger partial charge in [0, 0.05) is 31.9 Å². The smallest absolute Gasteiger partial charge is 0.321 e. The normalized spacial score (nSPS) is 16.3. The molecule has 2 amide bonds. The minimum atomic E-state index is -0.341. The molecule has 0 saturated carbocycles. The van der Waals surface area contributed by atoms with E-state index in [-0.39, 0.29) is 11.8 Å². The predicted molar refractivity (Wildman–Crippen MR) is 82.9 cm³/mol. The first-order valence-corrected chi connectivity index (χ1v) is 7.58. The molecule has 116 valence electrons. The quantitative estimate of drug-likeness (QED) is 0.926. The van der Waals surface area contributed by atoms with Crippen LogP contribution in [0.3, 0.4) is 0 Å². The number of urea groups is 1. The SMILES string of the molecule is CC(C)CCN1CCN(C(=O)Nc2cccc(F)c2)CC1. The molecule has 1 aromatic rings. The van der Waals surface area contributed by atoms with Crippen LogP contribution in [-0.4, -0.2) is 48.6 Å². The van der Waals surface area contributed by atoms with E-state index in [1.807, 2.05) is 0 Å². The molecule has 21 heavy (non-hydrogen) atoms. The number of nitrogens with zero attached hydrogens (tertiary/aromatic N) is 2. The Morgan fingerprint density at radius 2 is 2.00 bits per heavy atom. The highest BCUT2D eigenvalue weighted by molar-refractivity contribution is 5.89. The molecule has 2 rings (SSSR count). The van der Waals surface area contributed by atoms with Gasteiger partial charge in [-0.25, -0.2) is 9.18 Å². The maximum absolute atomic E-state index is 13.1. The van der Waals surface area contributed by atoms with E-state index in [0.717, 1.165) is 32.7 Å². The molecular weight excluding hydrogens is 269 g/mol. The van der Waals surface area contributed by atoms with Crippen molar-refractivity contribution in [3.05, 3.63) is 30.1 Å². The first-order chi connectivity index (χ1) is 10.0. The maximum atomic E-state index is 13.1. The molecule has 0 radical (unpaired) electrons. The number of carbonyl (C=O) groups is 1. The van der Waals surface area contributed by atoms with Crippen LogP contribution in [0.5, 0.6) is 0 Å². The van der Waals surface area contributed by atoms with E-state index >= 15 is 0 Å². The summed E-state index contributed by atoms with van der Waals surface area (Å²) >= 11 is 0. The number of anilines is 1. The average molecular weight is 293 g/mol. The number of rotatable bonds is 4. The van der Waals surface area contributed by atoms with Crippen molar-refractivity contribution < 1.29 is 9.18 Å². The predicted octanol–water partition coefficient (Wildman–Crippen LogP) is 3.02. The number of amides is 2. The van der Waals surface area contributed by atoms with Crippen molar-refractivity contribution in [2.45, 2.75) is 20.3 Å². The van der Waals surface area contributed by atoms with E-state index in [9.17, 15) is 9.18 Å². The second kappa shape index (κ2) is 7.41. The fourth-order valence-corrected chi connectivity index (χ4v) is 2.38. The summed E-state index contributed by atoms with van der Waals surface area (Å²) in [5.41, 5.74) is 0.502. The van der Waals surface area contributed by atoms with Gasteiger partial charge in [-0.15, -0.1) is 0 Å². The van der Waals surface area contributed by atoms with Crippen LogP contribution in [0.1, 0.15) is 20.3 Å². The first-order valence-electron chi connectivity index (χ1n) is 7.58. The zero-order valence-corrected chi connectivity index (χ0v) is 12.8. The second-order valence-electron chi connectivity index (χ2n) is 5.95. The molecule has 1 fully saturated rings. The summed E-state index contributed by atoms with van der Waals surface area (Å²) in [4.78, 5) is 16.3. The summed E-state index contributed by atoms with van der Waals surface area (Å²) in [6.45, 7) is 8.80. The minimum Gasteiger partial charge on any atom is -0.322 e. The molecule has 0 aliphatic carbocycles. The van der Waals surface area contributed by atoms with E-state index in [2.05, 4.69) is 24.1 Å². The molecule has 0 spiro atoms. The van der Waals surface area contributed by atoms with Crippen molar-refractivity contribution in [2.24, 2.45) is 5.92 Å². The van der Waals surface area contributed by atoms with Gasteiger partial charge in [0.15, 0.2) is 0 Å². The van der Waals surface area contributed by atoms with Gasteiger partial charge in [-0.1, -0.05) is 19.9 Å². The maximum Gasteiger partial charge on any atom is 0.321 e. The zero-order valence-electron chi connectivity index (χ0n) is 12.8. The van der Waals surface area contributed by atoms with Gasteiger partial charge in [0.05, 0.1) is 0 Å². The summed E-state index contributed by atoms with van der Waals surface area (Å²) in [5.74, 6) is 0.366. The third-order valence-electron chi connectivity index (χ3n) is 3.76. The van der Waals surface area contributed by atoms with Crippen LogP contribution in [0.4, 0.5) is 14.9 Å². The van der Waals surface area contributed by atoms with Crippen LogP contribution in [0, 0.1) is 11.7 Å². The van der Waals surface area contributed by atoms with Crippen molar-refractivity contribution in [3.63, 3.8) is 0 Å². The molecule has 4 nitrogen and oxygen atoms in total. The molecule has 1 aliphatic rings. The minimum absolute atomic E-state index is 0.149. The van der Waals surface area contributed by atoms with E-state index in [0.29, 0.717) is 11.6 Å². The van der Waals surface area contributed by atoms with Crippen LogP contribution in [0.15, 0.2) is 24.3 Å². The van der Waals surface area contributed by atoms with Gasteiger partial charge in [-0.05, 0) is 37.1 Å². The second-order valence-corrected chi connectivity index (χ2v) is 5.95. The Kier molecular flexibility index (Phi) is 5.56. The van der Waals surface area contributed by atoms with Gasteiger partial charge < -0.3 is 10.2 Å². The fourth-order valence-electron chi connectivity index (χ4n) is 2.38. The third kappa shape index (κ3) is 5.01. The summed E-state index contributed by atoms with van der Waals surface area (Å²) in [6, 6.07) is 5.83. The van der Waals surface area contributed by atoms with E-state index in [1.54, 1.807) is 17.0 Å². The highest BCUT2D eigenvalue weighted by Crippen LogP contribution is 2.12. The van der Waals surface area contributed by atoms with Crippen molar-refractivity contribution in [3.8, 4) is 0 Å². The van der Waals surface area contributed by atoms with Gasteiger partial charge in [-0.2, -0.15) is 0 Å².